The van der Waals surface area contributed by atoms with Crippen molar-refractivity contribution in [2.75, 3.05) is 13.7 Å². The van der Waals surface area contributed by atoms with Gasteiger partial charge in [-0.3, -0.25) is 0 Å². The van der Waals surface area contributed by atoms with Gasteiger partial charge >= 0.3 is 5.97 Å². The Labute approximate surface area is 146 Å². The zero-order chi connectivity index (χ0) is 17.9. The van der Waals surface area contributed by atoms with Crippen LogP contribution in [0.5, 0.6) is 5.75 Å². The van der Waals surface area contributed by atoms with Gasteiger partial charge in [-0.2, -0.15) is 15.8 Å². The molecule has 0 heterocycles. The number of ether oxygens (including phenoxy) is 2. The Morgan fingerprint density at radius 2 is 1.80 bits per heavy atom. The molecule has 0 unspecified atom stereocenters. The molecule has 0 amide bonds. The molecule has 2 rings (SSSR count). The number of nitrogens with zero attached hydrogens (tertiary/aromatic N) is 3. The number of carbonyl (C=O) groups excluding carboxylic acids is 1. The van der Waals surface area contributed by atoms with Gasteiger partial charge in [0.1, 0.15) is 5.75 Å². The smallest absolute Gasteiger partial charge is 0.343 e. The van der Waals surface area contributed by atoms with E-state index in [1.165, 1.54) is 7.11 Å². The first-order chi connectivity index (χ1) is 12.2. The Kier molecular flexibility index (Phi) is 7.12. The fourth-order valence-corrected chi connectivity index (χ4v) is 1.89. The lowest BCUT2D eigenvalue weighted by Gasteiger charge is -2.05. The van der Waals surface area contributed by atoms with Crippen LogP contribution in [-0.4, -0.2) is 25.4 Å². The van der Waals surface area contributed by atoms with E-state index in [9.17, 15) is 4.79 Å². The zero-order valence-electron chi connectivity index (χ0n) is 14.2. The van der Waals surface area contributed by atoms with E-state index >= 15 is 0 Å². The molecule has 0 saturated heterocycles. The Hall–Kier alpha value is -3.22. The van der Waals surface area contributed by atoms with E-state index in [-0.39, 0.29) is 6.61 Å². The van der Waals surface area contributed by atoms with Gasteiger partial charge in [0.25, 0.3) is 0 Å². The topological polar surface area (TPSA) is 84.6 Å². The van der Waals surface area contributed by atoms with E-state index in [0.717, 1.165) is 16.8 Å². The van der Waals surface area contributed by atoms with Crippen molar-refractivity contribution >= 4 is 11.7 Å². The van der Waals surface area contributed by atoms with Crippen LogP contribution in [0, 0.1) is 0 Å². The number of esters is 1. The number of nitrogens with one attached hydrogen (secondary N) is 1. The molecule has 0 spiro atoms. The number of methoxy groups -OCH3 is 1. The summed E-state index contributed by atoms with van der Waals surface area (Å²) in [5.41, 5.74) is 5.30. The maximum absolute atomic E-state index is 11.0. The molecule has 0 bridgehead atoms. The van der Waals surface area contributed by atoms with E-state index in [0.29, 0.717) is 12.3 Å². The molecule has 25 heavy (non-hydrogen) atoms. The lowest BCUT2D eigenvalue weighted by Crippen LogP contribution is -2.12. The predicted octanol–water partition coefficient (Wildman–Crippen LogP) is 3.12. The van der Waals surface area contributed by atoms with Crippen molar-refractivity contribution in [3.05, 3.63) is 65.7 Å². The molecule has 0 radical (unpaired) electrons. The summed E-state index contributed by atoms with van der Waals surface area (Å²) in [6.07, 6.45) is 0. The summed E-state index contributed by atoms with van der Waals surface area (Å²) in [5.74, 6) is 0.157. The average Bonchev–Trinajstić information content (AvgIpc) is 2.67. The Bertz CT molecular complexity index is 728. The highest BCUT2D eigenvalue weighted by atomic mass is 16.6. The van der Waals surface area contributed by atoms with Crippen molar-refractivity contribution in [1.29, 1.82) is 0 Å². The largest absolute Gasteiger partial charge is 0.482 e. The van der Waals surface area contributed by atoms with E-state index in [4.69, 9.17) is 4.74 Å². The third kappa shape index (κ3) is 6.42. The van der Waals surface area contributed by atoms with Crippen LogP contribution in [0.4, 0.5) is 0 Å². The maximum Gasteiger partial charge on any atom is 0.343 e. The maximum atomic E-state index is 11.0. The highest BCUT2D eigenvalue weighted by Gasteiger charge is 2.02. The lowest BCUT2D eigenvalue weighted by molar-refractivity contribution is -0.142. The summed E-state index contributed by atoms with van der Waals surface area (Å²) in [7, 11) is 1.32. The fraction of sp³-hybridized carbons (Fsp3) is 0.222. The van der Waals surface area contributed by atoms with Crippen LogP contribution in [0.2, 0.25) is 0 Å². The second-order valence-electron chi connectivity index (χ2n) is 5.07. The van der Waals surface area contributed by atoms with Gasteiger partial charge in [-0.1, -0.05) is 35.6 Å². The molecular weight excluding hydrogens is 320 g/mol. The van der Waals surface area contributed by atoms with Crippen LogP contribution in [0.15, 0.2) is 70.0 Å². The molecule has 1 N–H and O–H groups in total. The van der Waals surface area contributed by atoms with Crippen LogP contribution in [0.25, 0.3) is 0 Å². The zero-order valence-corrected chi connectivity index (χ0v) is 14.2. The summed E-state index contributed by atoms with van der Waals surface area (Å²) in [5, 5.41) is 12.0. The van der Waals surface area contributed by atoms with Gasteiger partial charge in [0, 0.05) is 0 Å². The normalized spacial score (nSPS) is 11.4. The molecule has 0 aromatic heterocycles. The van der Waals surface area contributed by atoms with Crippen LogP contribution >= 0.6 is 0 Å². The van der Waals surface area contributed by atoms with Crippen LogP contribution in [0.3, 0.4) is 0 Å². The standard InChI is InChI=1S/C18H20N4O3/c1-14(20-22-21-19-12-15-6-4-3-5-7-15)16-8-10-17(11-9-16)25-13-18(23)24-2/h3-11H,12-13H2,1-2H3,(H,19,22)/b20-14+. The third-order valence-electron chi connectivity index (χ3n) is 3.29. The molecular formula is C18H20N4O3. The monoisotopic (exact) mass is 340 g/mol. The van der Waals surface area contributed by atoms with Crippen molar-refractivity contribution in [2.45, 2.75) is 13.5 Å². The summed E-state index contributed by atoms with van der Waals surface area (Å²) in [6.45, 7) is 2.23. The quantitative estimate of drug-likeness (QED) is 0.346. The second-order valence-corrected chi connectivity index (χ2v) is 5.07. The molecule has 0 atom stereocenters. The van der Waals surface area contributed by atoms with E-state index in [1.54, 1.807) is 12.1 Å². The van der Waals surface area contributed by atoms with Gasteiger partial charge in [0.2, 0.25) is 0 Å². The molecule has 7 nitrogen and oxygen atoms in total. The summed E-state index contributed by atoms with van der Waals surface area (Å²) in [6, 6.07) is 17.0. The minimum absolute atomic E-state index is 0.119. The Morgan fingerprint density at radius 3 is 2.48 bits per heavy atom. The molecule has 0 aliphatic heterocycles. The van der Waals surface area contributed by atoms with Gasteiger partial charge in [-0.05, 0) is 42.3 Å². The van der Waals surface area contributed by atoms with E-state index < -0.39 is 5.97 Å². The summed E-state index contributed by atoms with van der Waals surface area (Å²) in [4.78, 5) is 11.0. The third-order valence-corrected chi connectivity index (χ3v) is 3.29. The summed E-state index contributed by atoms with van der Waals surface area (Å²) < 4.78 is 9.80. The van der Waals surface area contributed by atoms with Gasteiger partial charge < -0.3 is 9.47 Å². The Morgan fingerprint density at radius 1 is 1.08 bits per heavy atom. The predicted molar refractivity (Wildman–Crippen MR) is 94.3 cm³/mol. The Balaban J connectivity index is 1.81. The van der Waals surface area contributed by atoms with Crippen molar-refractivity contribution in [2.24, 2.45) is 15.4 Å². The van der Waals surface area contributed by atoms with Gasteiger partial charge in [0.15, 0.2) is 6.61 Å². The van der Waals surface area contributed by atoms with E-state index in [2.05, 4.69) is 25.7 Å². The van der Waals surface area contributed by atoms with Crippen molar-refractivity contribution in [3.63, 3.8) is 0 Å². The number of hydrazone groups is 1. The molecule has 2 aromatic rings. The minimum Gasteiger partial charge on any atom is -0.482 e. The molecule has 130 valence electrons. The van der Waals surface area contributed by atoms with Crippen LogP contribution < -0.4 is 10.3 Å². The van der Waals surface area contributed by atoms with Gasteiger partial charge in [-0.15, -0.1) is 0 Å². The number of hydrogen-bond acceptors (Lipinski definition) is 6. The molecule has 0 saturated carbocycles. The van der Waals surface area contributed by atoms with E-state index in [1.807, 2.05) is 49.4 Å². The van der Waals surface area contributed by atoms with Gasteiger partial charge in [-0.25, -0.2) is 4.79 Å². The second kappa shape index (κ2) is 9.82. The first kappa shape index (κ1) is 18.1. The first-order valence-corrected chi connectivity index (χ1v) is 7.69. The number of hydrogen-bond donors (Lipinski definition) is 1. The van der Waals surface area contributed by atoms with Crippen LogP contribution in [0.1, 0.15) is 18.1 Å². The molecule has 0 aliphatic carbocycles. The number of carbonyl (C=O) groups is 1. The summed E-state index contributed by atoms with van der Waals surface area (Å²) >= 11 is 0. The molecule has 0 fully saturated rings. The SMILES string of the molecule is COC(=O)COc1ccc(/C(C)=N/N/N=N/Cc2ccccc2)cc1. The number of benzene rings is 2. The molecule has 2 aromatic carbocycles. The molecule has 7 heteroatoms. The van der Waals surface area contributed by atoms with Crippen LogP contribution in [-0.2, 0) is 16.1 Å². The lowest BCUT2D eigenvalue weighted by atomic mass is 10.1. The van der Waals surface area contributed by atoms with Gasteiger partial charge in [0.05, 0.1) is 19.4 Å². The number of rotatable bonds is 8. The van der Waals surface area contributed by atoms with Crippen molar-refractivity contribution in [1.82, 2.24) is 5.53 Å². The fourth-order valence-electron chi connectivity index (χ4n) is 1.89. The van der Waals surface area contributed by atoms with Crippen molar-refractivity contribution in [3.8, 4) is 5.75 Å². The van der Waals surface area contributed by atoms with Crippen molar-refractivity contribution < 1.29 is 14.3 Å². The minimum atomic E-state index is -0.424. The first-order valence-electron chi connectivity index (χ1n) is 7.69. The average molecular weight is 340 g/mol. The highest BCUT2D eigenvalue weighted by molar-refractivity contribution is 5.98. The highest BCUT2D eigenvalue weighted by Crippen LogP contribution is 2.12. The molecule has 0 aliphatic rings.